The number of hydrogen-bond donors (Lipinski definition) is 1. The molecule has 21 heavy (non-hydrogen) atoms. The quantitative estimate of drug-likeness (QED) is 0.898. The van der Waals surface area contributed by atoms with Crippen molar-refractivity contribution >= 4 is 15.9 Å². The van der Waals surface area contributed by atoms with E-state index in [1.165, 1.54) is 16.7 Å². The molecule has 1 aliphatic heterocycles. The lowest BCUT2D eigenvalue weighted by atomic mass is 9.96. The van der Waals surface area contributed by atoms with Crippen molar-refractivity contribution in [2.75, 3.05) is 0 Å². The maximum atomic E-state index is 6.45. The molecule has 2 atom stereocenters. The first-order valence-electron chi connectivity index (χ1n) is 7.51. The standard InChI is InChI=1S/C18H21BrN2/c1-2-17(20)18(13-7-9-16(19)10-8-13)21-11-14-5-3-4-6-15(14)12-21/h3-10,17-18H,2,11-12,20H2,1H3. The summed E-state index contributed by atoms with van der Waals surface area (Å²) < 4.78 is 1.11. The minimum absolute atomic E-state index is 0.153. The molecular formula is C18H21BrN2. The number of fused-ring (bicyclic) bond motifs is 1. The SMILES string of the molecule is CCC(N)C(c1ccc(Br)cc1)N1Cc2ccccc2C1. The van der Waals surface area contributed by atoms with Gasteiger partial charge in [-0.3, -0.25) is 4.90 Å². The fourth-order valence-electron chi connectivity index (χ4n) is 3.17. The highest BCUT2D eigenvalue weighted by molar-refractivity contribution is 9.10. The predicted molar refractivity (Wildman–Crippen MR) is 90.8 cm³/mol. The van der Waals surface area contributed by atoms with E-state index in [9.17, 15) is 0 Å². The summed E-state index contributed by atoms with van der Waals surface area (Å²) in [5.74, 6) is 0. The van der Waals surface area contributed by atoms with E-state index in [0.717, 1.165) is 24.0 Å². The first-order chi connectivity index (χ1) is 10.2. The van der Waals surface area contributed by atoms with E-state index in [4.69, 9.17) is 5.73 Å². The second-order valence-corrected chi connectivity index (χ2v) is 6.66. The first-order valence-corrected chi connectivity index (χ1v) is 8.30. The zero-order valence-electron chi connectivity index (χ0n) is 12.3. The highest BCUT2D eigenvalue weighted by atomic mass is 79.9. The molecule has 3 heteroatoms. The minimum atomic E-state index is 0.153. The van der Waals surface area contributed by atoms with Crippen LogP contribution in [0.15, 0.2) is 53.0 Å². The van der Waals surface area contributed by atoms with Crippen LogP contribution in [0.5, 0.6) is 0 Å². The molecule has 0 spiro atoms. The van der Waals surface area contributed by atoms with Crippen LogP contribution >= 0.6 is 15.9 Å². The summed E-state index contributed by atoms with van der Waals surface area (Å²) in [5, 5.41) is 0. The molecule has 0 bridgehead atoms. The molecule has 2 unspecified atom stereocenters. The van der Waals surface area contributed by atoms with Crippen LogP contribution < -0.4 is 5.73 Å². The van der Waals surface area contributed by atoms with Crippen molar-refractivity contribution in [2.45, 2.75) is 38.5 Å². The number of benzene rings is 2. The van der Waals surface area contributed by atoms with Crippen LogP contribution in [-0.2, 0) is 13.1 Å². The largest absolute Gasteiger partial charge is 0.326 e. The molecule has 2 N–H and O–H groups in total. The van der Waals surface area contributed by atoms with Crippen molar-refractivity contribution in [3.63, 3.8) is 0 Å². The second-order valence-electron chi connectivity index (χ2n) is 5.74. The molecule has 0 amide bonds. The van der Waals surface area contributed by atoms with Gasteiger partial charge in [0.15, 0.2) is 0 Å². The monoisotopic (exact) mass is 344 g/mol. The lowest BCUT2D eigenvalue weighted by molar-refractivity contribution is 0.170. The van der Waals surface area contributed by atoms with E-state index in [-0.39, 0.29) is 12.1 Å². The Balaban J connectivity index is 1.89. The molecule has 0 saturated heterocycles. The van der Waals surface area contributed by atoms with Gasteiger partial charge in [-0.25, -0.2) is 0 Å². The van der Waals surface area contributed by atoms with E-state index in [0.29, 0.717) is 0 Å². The molecule has 0 saturated carbocycles. The summed E-state index contributed by atoms with van der Waals surface area (Å²) in [4.78, 5) is 2.50. The molecule has 110 valence electrons. The van der Waals surface area contributed by atoms with Crippen molar-refractivity contribution in [1.82, 2.24) is 4.90 Å². The Morgan fingerprint density at radius 3 is 2.14 bits per heavy atom. The zero-order chi connectivity index (χ0) is 14.8. The van der Waals surface area contributed by atoms with Crippen LogP contribution in [0.4, 0.5) is 0 Å². The van der Waals surface area contributed by atoms with Gasteiger partial charge in [0.05, 0.1) is 6.04 Å². The summed E-state index contributed by atoms with van der Waals surface area (Å²) >= 11 is 3.51. The highest BCUT2D eigenvalue weighted by Crippen LogP contribution is 2.34. The van der Waals surface area contributed by atoms with Gasteiger partial charge < -0.3 is 5.73 Å². The molecular weight excluding hydrogens is 324 g/mol. The summed E-state index contributed by atoms with van der Waals surface area (Å²) in [6.45, 7) is 4.15. The number of hydrogen-bond acceptors (Lipinski definition) is 2. The summed E-state index contributed by atoms with van der Waals surface area (Å²) in [5.41, 5.74) is 10.6. The lowest BCUT2D eigenvalue weighted by Gasteiger charge is -2.32. The van der Waals surface area contributed by atoms with E-state index in [2.05, 4.69) is 76.3 Å². The Bertz CT molecular complexity index is 584. The van der Waals surface area contributed by atoms with Crippen LogP contribution in [0.1, 0.15) is 36.1 Å². The molecule has 3 rings (SSSR count). The highest BCUT2D eigenvalue weighted by Gasteiger charge is 2.30. The van der Waals surface area contributed by atoms with Gasteiger partial charge >= 0.3 is 0 Å². The molecule has 0 fully saturated rings. The van der Waals surface area contributed by atoms with Crippen LogP contribution in [-0.4, -0.2) is 10.9 Å². The smallest absolute Gasteiger partial charge is 0.0506 e. The summed E-state index contributed by atoms with van der Waals surface area (Å²) in [7, 11) is 0. The van der Waals surface area contributed by atoms with Crippen LogP contribution in [0, 0.1) is 0 Å². The topological polar surface area (TPSA) is 29.3 Å². The fourth-order valence-corrected chi connectivity index (χ4v) is 3.43. The second kappa shape index (κ2) is 6.30. The van der Waals surface area contributed by atoms with Gasteiger partial charge in [-0.2, -0.15) is 0 Å². The van der Waals surface area contributed by atoms with Crippen molar-refractivity contribution < 1.29 is 0 Å². The van der Waals surface area contributed by atoms with E-state index < -0.39 is 0 Å². The normalized spacial score (nSPS) is 17.5. The fraction of sp³-hybridized carbons (Fsp3) is 0.333. The third kappa shape index (κ3) is 3.05. The van der Waals surface area contributed by atoms with Crippen molar-refractivity contribution in [1.29, 1.82) is 0 Å². The molecule has 2 aromatic carbocycles. The number of halogens is 1. The maximum Gasteiger partial charge on any atom is 0.0506 e. The number of nitrogens with two attached hydrogens (primary N) is 1. The van der Waals surface area contributed by atoms with Gasteiger partial charge in [-0.05, 0) is 35.2 Å². The maximum absolute atomic E-state index is 6.45. The predicted octanol–water partition coefficient (Wildman–Crippen LogP) is 4.24. The lowest BCUT2D eigenvalue weighted by Crippen LogP contribution is -2.38. The van der Waals surface area contributed by atoms with Gasteiger partial charge in [0.25, 0.3) is 0 Å². The van der Waals surface area contributed by atoms with E-state index >= 15 is 0 Å². The van der Waals surface area contributed by atoms with Crippen LogP contribution in [0.3, 0.4) is 0 Å². The van der Waals surface area contributed by atoms with Crippen molar-refractivity contribution in [3.8, 4) is 0 Å². The minimum Gasteiger partial charge on any atom is -0.326 e. The summed E-state index contributed by atoms with van der Waals surface area (Å²) in [6, 6.07) is 17.7. The van der Waals surface area contributed by atoms with Gasteiger partial charge in [-0.15, -0.1) is 0 Å². The Morgan fingerprint density at radius 2 is 1.62 bits per heavy atom. The van der Waals surface area contributed by atoms with E-state index in [1.54, 1.807) is 0 Å². The van der Waals surface area contributed by atoms with Gasteiger partial charge in [-0.1, -0.05) is 59.3 Å². The van der Waals surface area contributed by atoms with Gasteiger partial charge in [0.2, 0.25) is 0 Å². The van der Waals surface area contributed by atoms with Crippen LogP contribution in [0.25, 0.3) is 0 Å². The zero-order valence-corrected chi connectivity index (χ0v) is 13.9. The third-order valence-corrected chi connectivity index (χ3v) is 4.88. The molecule has 0 radical (unpaired) electrons. The Kier molecular flexibility index (Phi) is 4.43. The average molecular weight is 345 g/mol. The molecule has 2 nitrogen and oxygen atoms in total. The molecule has 2 aromatic rings. The van der Waals surface area contributed by atoms with Crippen LogP contribution in [0.2, 0.25) is 0 Å². The van der Waals surface area contributed by atoms with Gasteiger partial charge in [0.1, 0.15) is 0 Å². The van der Waals surface area contributed by atoms with Gasteiger partial charge in [0, 0.05) is 23.6 Å². The molecule has 0 aromatic heterocycles. The Hall–Kier alpha value is -1.16. The molecule has 1 heterocycles. The average Bonchev–Trinajstić information content (AvgIpc) is 2.92. The number of rotatable bonds is 4. The third-order valence-electron chi connectivity index (χ3n) is 4.35. The molecule has 0 aliphatic carbocycles. The Morgan fingerprint density at radius 1 is 1.05 bits per heavy atom. The Labute approximate surface area is 135 Å². The van der Waals surface area contributed by atoms with Crippen molar-refractivity contribution in [2.24, 2.45) is 5.73 Å². The number of nitrogens with zero attached hydrogens (tertiary/aromatic N) is 1. The summed E-state index contributed by atoms with van der Waals surface area (Å²) in [6.07, 6.45) is 0.980. The van der Waals surface area contributed by atoms with E-state index in [1.807, 2.05) is 0 Å². The first kappa shape index (κ1) is 14.8. The molecule has 1 aliphatic rings. The van der Waals surface area contributed by atoms with Crippen molar-refractivity contribution in [3.05, 3.63) is 69.7 Å².